The standard InChI is InChI=1S/C11H16O2/c1-5-13-10(12)8-6-7-9-11(2,3)4/h6,8H,5H2,1-4H3/b8-6+/i8+1. The molecule has 0 bridgehead atoms. The third-order valence-electron chi connectivity index (χ3n) is 1.04. The minimum atomic E-state index is -0.342. The van der Waals surface area contributed by atoms with Crippen LogP contribution in [0.5, 0.6) is 0 Å². The van der Waals surface area contributed by atoms with Crippen LogP contribution >= 0.6 is 0 Å². The van der Waals surface area contributed by atoms with Crippen LogP contribution in [0.1, 0.15) is 27.7 Å². The molecule has 0 aromatic heterocycles. The summed E-state index contributed by atoms with van der Waals surface area (Å²) in [6.45, 7) is 8.21. The lowest BCUT2D eigenvalue weighted by atomic mass is 9.98. The van der Waals surface area contributed by atoms with Gasteiger partial charge >= 0.3 is 5.97 Å². The molecule has 0 radical (unpaired) electrons. The lowest BCUT2D eigenvalue weighted by Crippen LogP contribution is -1.99. The van der Waals surface area contributed by atoms with Gasteiger partial charge in [-0.25, -0.2) is 4.79 Å². The molecule has 0 saturated heterocycles. The first-order chi connectivity index (χ1) is 5.95. The minimum Gasteiger partial charge on any atom is -0.463 e. The highest BCUT2D eigenvalue weighted by molar-refractivity contribution is 5.82. The van der Waals surface area contributed by atoms with E-state index >= 15 is 0 Å². The minimum absolute atomic E-state index is 0.0288. The van der Waals surface area contributed by atoms with Crippen molar-refractivity contribution < 1.29 is 9.53 Å². The highest BCUT2D eigenvalue weighted by Gasteiger charge is 2.02. The molecule has 0 aliphatic rings. The van der Waals surface area contributed by atoms with Gasteiger partial charge in [0, 0.05) is 11.5 Å². The second kappa shape index (κ2) is 5.42. The second-order valence-corrected chi connectivity index (χ2v) is 3.60. The number of hydrogen-bond donors (Lipinski definition) is 0. The smallest absolute Gasteiger partial charge is 0.331 e. The van der Waals surface area contributed by atoms with Gasteiger partial charge in [0.15, 0.2) is 0 Å². The maximum atomic E-state index is 10.8. The molecule has 72 valence electrons. The Morgan fingerprint density at radius 3 is 2.54 bits per heavy atom. The van der Waals surface area contributed by atoms with Gasteiger partial charge in [0.2, 0.25) is 0 Å². The quantitative estimate of drug-likeness (QED) is 0.282. The molecule has 0 N–H and O–H groups in total. The number of carbonyl (C=O) groups excluding carboxylic acids is 1. The Morgan fingerprint density at radius 1 is 1.46 bits per heavy atom. The molecule has 0 fully saturated rings. The Labute approximate surface area is 80.0 Å². The summed E-state index contributed by atoms with van der Waals surface area (Å²) in [5, 5.41) is 0. The number of ether oxygens (including phenoxy) is 1. The van der Waals surface area contributed by atoms with Crippen molar-refractivity contribution in [2.75, 3.05) is 6.61 Å². The van der Waals surface area contributed by atoms with Crippen molar-refractivity contribution >= 4 is 5.97 Å². The van der Waals surface area contributed by atoms with E-state index in [4.69, 9.17) is 0 Å². The van der Waals surface area contributed by atoms with E-state index in [1.54, 1.807) is 6.92 Å². The van der Waals surface area contributed by atoms with Crippen LogP contribution in [0.2, 0.25) is 0 Å². The Hall–Kier alpha value is -1.23. The topological polar surface area (TPSA) is 26.3 Å². The van der Waals surface area contributed by atoms with Crippen LogP contribution in [0, 0.1) is 17.3 Å². The van der Waals surface area contributed by atoms with E-state index in [9.17, 15) is 4.79 Å². The van der Waals surface area contributed by atoms with Crippen molar-refractivity contribution in [2.24, 2.45) is 5.41 Å². The van der Waals surface area contributed by atoms with Gasteiger partial charge in [0.25, 0.3) is 0 Å². The zero-order valence-electron chi connectivity index (χ0n) is 8.68. The van der Waals surface area contributed by atoms with Gasteiger partial charge in [-0.15, -0.1) is 0 Å². The average molecular weight is 181 g/mol. The summed E-state index contributed by atoms with van der Waals surface area (Å²) in [6, 6.07) is 0. The van der Waals surface area contributed by atoms with E-state index in [1.165, 1.54) is 12.2 Å². The average Bonchev–Trinajstić information content (AvgIpc) is 1.97. The van der Waals surface area contributed by atoms with Crippen molar-refractivity contribution in [3.63, 3.8) is 0 Å². The van der Waals surface area contributed by atoms with Crippen LogP contribution in [0.3, 0.4) is 0 Å². The first-order valence-electron chi connectivity index (χ1n) is 4.31. The van der Waals surface area contributed by atoms with Gasteiger partial charge in [0.1, 0.15) is 0 Å². The molecule has 13 heavy (non-hydrogen) atoms. The molecule has 0 heterocycles. The first kappa shape index (κ1) is 11.8. The molecular formula is C11H16O2. The predicted molar refractivity (Wildman–Crippen MR) is 53.0 cm³/mol. The largest absolute Gasteiger partial charge is 0.463 e. The summed E-state index contributed by atoms with van der Waals surface area (Å²) >= 11 is 0. The van der Waals surface area contributed by atoms with Gasteiger partial charge in [0.05, 0.1) is 6.61 Å². The van der Waals surface area contributed by atoms with Crippen LogP contribution in [0.4, 0.5) is 0 Å². The van der Waals surface area contributed by atoms with Crippen molar-refractivity contribution in [1.29, 1.82) is 0 Å². The van der Waals surface area contributed by atoms with E-state index in [1.807, 2.05) is 20.8 Å². The highest BCUT2D eigenvalue weighted by atomic mass is 16.5. The Balaban J connectivity index is 3.99. The van der Waals surface area contributed by atoms with Gasteiger partial charge in [-0.1, -0.05) is 11.8 Å². The van der Waals surface area contributed by atoms with Crippen molar-refractivity contribution in [3.8, 4) is 11.8 Å². The summed E-state index contributed by atoms with van der Waals surface area (Å²) in [5.41, 5.74) is -0.0288. The zero-order valence-corrected chi connectivity index (χ0v) is 8.68. The zero-order chi connectivity index (χ0) is 10.3. The molecule has 0 aliphatic heterocycles. The predicted octanol–water partition coefficient (Wildman–Crippen LogP) is 2.16. The Kier molecular flexibility index (Phi) is 4.91. The highest BCUT2D eigenvalue weighted by Crippen LogP contribution is 2.09. The van der Waals surface area contributed by atoms with Crippen molar-refractivity contribution in [1.82, 2.24) is 0 Å². The number of hydrogen-bond acceptors (Lipinski definition) is 2. The normalized spacial score (nSPS) is 10.8. The Bertz CT molecular complexity index is 245. The molecule has 0 atom stereocenters. The molecule has 0 aromatic rings. The number of allylic oxidation sites excluding steroid dienone is 1. The monoisotopic (exact) mass is 181 g/mol. The Morgan fingerprint density at radius 2 is 2.08 bits per heavy atom. The molecule has 2 heteroatoms. The summed E-state index contributed by atoms with van der Waals surface area (Å²) < 4.78 is 4.68. The molecule has 0 saturated carbocycles. The number of carbonyl (C=O) groups is 1. The van der Waals surface area contributed by atoms with Crippen molar-refractivity contribution in [3.05, 3.63) is 12.2 Å². The van der Waals surface area contributed by atoms with Gasteiger partial charge in [-0.05, 0) is 33.8 Å². The fourth-order valence-corrected chi connectivity index (χ4v) is 0.558. The van der Waals surface area contributed by atoms with E-state index in [-0.39, 0.29) is 11.4 Å². The second-order valence-electron chi connectivity index (χ2n) is 3.60. The van der Waals surface area contributed by atoms with Gasteiger partial charge in [-0.3, -0.25) is 0 Å². The molecule has 2 nitrogen and oxygen atoms in total. The van der Waals surface area contributed by atoms with Crippen molar-refractivity contribution in [2.45, 2.75) is 27.7 Å². The first-order valence-corrected chi connectivity index (χ1v) is 4.31. The summed E-state index contributed by atoms with van der Waals surface area (Å²) in [6.07, 6.45) is 2.85. The van der Waals surface area contributed by atoms with E-state index in [2.05, 4.69) is 16.6 Å². The lowest BCUT2D eigenvalue weighted by Gasteiger charge is -2.05. The number of rotatable bonds is 2. The van der Waals surface area contributed by atoms with E-state index in [0.717, 1.165) is 0 Å². The molecule has 0 spiro atoms. The third-order valence-corrected chi connectivity index (χ3v) is 1.04. The lowest BCUT2D eigenvalue weighted by molar-refractivity contribution is -0.137. The maximum absolute atomic E-state index is 10.8. The summed E-state index contributed by atoms with van der Waals surface area (Å²) in [4.78, 5) is 10.8. The van der Waals surface area contributed by atoms with E-state index < -0.39 is 0 Å². The van der Waals surface area contributed by atoms with E-state index in [0.29, 0.717) is 6.61 Å². The fraction of sp³-hybridized carbons (Fsp3) is 0.545. The van der Waals surface area contributed by atoms with Crippen LogP contribution in [-0.2, 0) is 9.53 Å². The molecule has 0 rings (SSSR count). The molecule has 0 amide bonds. The SMILES string of the molecule is CCOC(=O)/[13CH]=C/C#CC(C)(C)C. The maximum Gasteiger partial charge on any atom is 0.331 e. The van der Waals surface area contributed by atoms with Crippen LogP contribution in [0.25, 0.3) is 0 Å². The van der Waals surface area contributed by atoms with Crippen LogP contribution in [0.15, 0.2) is 12.2 Å². The van der Waals surface area contributed by atoms with Gasteiger partial charge < -0.3 is 4.74 Å². The fourth-order valence-electron chi connectivity index (χ4n) is 0.558. The van der Waals surface area contributed by atoms with Crippen LogP contribution in [-0.4, -0.2) is 12.6 Å². The summed E-state index contributed by atoms with van der Waals surface area (Å²) in [5.74, 6) is 5.42. The van der Waals surface area contributed by atoms with Gasteiger partial charge in [-0.2, -0.15) is 0 Å². The molecule has 0 aromatic carbocycles. The summed E-state index contributed by atoms with van der Waals surface area (Å²) in [7, 11) is 0. The molecule has 0 unspecified atom stereocenters. The molecule has 0 aliphatic carbocycles. The third kappa shape index (κ3) is 8.68. The number of esters is 1. The molecular weight excluding hydrogens is 165 g/mol. The van der Waals surface area contributed by atoms with Crippen LogP contribution < -0.4 is 0 Å².